The molecule has 1 aromatic rings. The summed E-state index contributed by atoms with van der Waals surface area (Å²) in [5, 5.41) is 17.8. The molecule has 1 rings (SSSR count). The number of carboxylic acids is 1. The summed E-state index contributed by atoms with van der Waals surface area (Å²) in [6.45, 7) is 1.97. The number of aldehydes is 1. The highest BCUT2D eigenvalue weighted by Gasteiger charge is 2.10. The maximum atomic E-state index is 10.7. The number of unbranched alkanes of at least 4 members (excludes halogenated alkanes) is 4. The van der Waals surface area contributed by atoms with Gasteiger partial charge in [-0.3, -0.25) is 0 Å². The molecule has 152 valence electrons. The first-order valence-electron chi connectivity index (χ1n) is 10.4. The molecule has 0 spiro atoms. The number of hydrogen-bond acceptors (Lipinski definition) is 3. The van der Waals surface area contributed by atoms with Crippen molar-refractivity contribution in [1.29, 1.82) is 5.26 Å². The van der Waals surface area contributed by atoms with Gasteiger partial charge < -0.3 is 9.90 Å². The van der Waals surface area contributed by atoms with Crippen molar-refractivity contribution in [2.24, 2.45) is 11.8 Å². The Balaban J connectivity index is 2.46. The number of rotatable bonds is 15. The Morgan fingerprint density at radius 1 is 1.14 bits per heavy atom. The van der Waals surface area contributed by atoms with Gasteiger partial charge in [-0.2, -0.15) is 5.26 Å². The van der Waals surface area contributed by atoms with Gasteiger partial charge in [0.25, 0.3) is 0 Å². The normalized spacial score (nSPS) is 13.1. The second kappa shape index (κ2) is 14.6. The van der Waals surface area contributed by atoms with Crippen molar-refractivity contribution in [2.75, 3.05) is 0 Å². The van der Waals surface area contributed by atoms with Crippen LogP contribution in [0.1, 0.15) is 75.8 Å². The van der Waals surface area contributed by atoms with E-state index < -0.39 is 5.97 Å². The van der Waals surface area contributed by atoms with Crippen LogP contribution in [0.5, 0.6) is 0 Å². The van der Waals surface area contributed by atoms with Crippen molar-refractivity contribution in [3.8, 4) is 6.07 Å². The molecule has 0 unspecified atom stereocenters. The van der Waals surface area contributed by atoms with E-state index in [1.165, 1.54) is 24.5 Å². The summed E-state index contributed by atoms with van der Waals surface area (Å²) in [5.74, 6) is -0.186. The number of carbonyl (C=O) groups excluding carboxylic acids is 1. The SMILES string of the molecule is C[C@H](C=O)CCCCCC[C@H](CCCC=CC(=O)O)Cc1cccc(C#N)c1. The quantitative estimate of drug-likeness (QED) is 0.239. The van der Waals surface area contributed by atoms with Crippen LogP contribution in [-0.2, 0) is 16.0 Å². The average Bonchev–Trinajstić information content (AvgIpc) is 2.69. The summed E-state index contributed by atoms with van der Waals surface area (Å²) in [6.07, 6.45) is 14.5. The highest BCUT2D eigenvalue weighted by Crippen LogP contribution is 2.23. The molecule has 0 saturated heterocycles. The number of hydrogen-bond donors (Lipinski definition) is 1. The van der Waals surface area contributed by atoms with E-state index in [1.807, 2.05) is 25.1 Å². The zero-order valence-corrected chi connectivity index (χ0v) is 17.0. The first-order chi connectivity index (χ1) is 13.5. The molecule has 0 bridgehead atoms. The van der Waals surface area contributed by atoms with Crippen LogP contribution in [-0.4, -0.2) is 17.4 Å². The summed E-state index contributed by atoms with van der Waals surface area (Å²) in [7, 11) is 0. The third kappa shape index (κ3) is 11.3. The molecule has 4 nitrogen and oxygen atoms in total. The van der Waals surface area contributed by atoms with Gasteiger partial charge in [0.05, 0.1) is 11.6 Å². The van der Waals surface area contributed by atoms with E-state index in [0.29, 0.717) is 11.5 Å². The van der Waals surface area contributed by atoms with E-state index in [0.717, 1.165) is 57.7 Å². The molecule has 1 N–H and O–H groups in total. The van der Waals surface area contributed by atoms with Gasteiger partial charge in [0.1, 0.15) is 6.29 Å². The van der Waals surface area contributed by atoms with E-state index in [4.69, 9.17) is 10.4 Å². The van der Waals surface area contributed by atoms with Crippen molar-refractivity contribution in [3.63, 3.8) is 0 Å². The largest absolute Gasteiger partial charge is 0.478 e. The van der Waals surface area contributed by atoms with Gasteiger partial charge in [-0.1, -0.05) is 57.2 Å². The zero-order chi connectivity index (χ0) is 20.6. The highest BCUT2D eigenvalue weighted by atomic mass is 16.4. The lowest BCUT2D eigenvalue weighted by atomic mass is 9.88. The second-order valence-corrected chi connectivity index (χ2v) is 7.66. The van der Waals surface area contributed by atoms with Crippen LogP contribution in [0.15, 0.2) is 36.4 Å². The fourth-order valence-corrected chi connectivity index (χ4v) is 3.48. The Morgan fingerprint density at radius 3 is 2.54 bits per heavy atom. The first kappa shape index (κ1) is 23.6. The minimum Gasteiger partial charge on any atom is -0.478 e. The number of allylic oxidation sites excluding steroid dienone is 1. The third-order valence-corrected chi connectivity index (χ3v) is 5.08. The molecule has 28 heavy (non-hydrogen) atoms. The molecule has 0 radical (unpaired) electrons. The number of benzene rings is 1. The highest BCUT2D eigenvalue weighted by molar-refractivity contribution is 5.79. The monoisotopic (exact) mass is 383 g/mol. The molecule has 0 heterocycles. The molecule has 2 atom stereocenters. The lowest BCUT2D eigenvalue weighted by Crippen LogP contribution is -2.05. The first-order valence-corrected chi connectivity index (χ1v) is 10.4. The van der Waals surface area contributed by atoms with E-state index >= 15 is 0 Å². The molecule has 0 aliphatic rings. The van der Waals surface area contributed by atoms with E-state index in [-0.39, 0.29) is 5.92 Å². The van der Waals surface area contributed by atoms with Gasteiger partial charge in [-0.05, 0) is 55.7 Å². The summed E-state index contributed by atoms with van der Waals surface area (Å²) >= 11 is 0. The Kier molecular flexibility index (Phi) is 12.3. The second-order valence-electron chi connectivity index (χ2n) is 7.66. The molecule has 1 aromatic carbocycles. The Morgan fingerprint density at radius 2 is 1.86 bits per heavy atom. The van der Waals surface area contributed by atoms with Crippen LogP contribution in [0.4, 0.5) is 0 Å². The van der Waals surface area contributed by atoms with Crippen molar-refractivity contribution in [2.45, 2.75) is 71.1 Å². The summed E-state index contributed by atoms with van der Waals surface area (Å²) < 4.78 is 0. The number of nitrogens with zero attached hydrogens (tertiary/aromatic N) is 1. The van der Waals surface area contributed by atoms with E-state index in [2.05, 4.69) is 12.1 Å². The predicted molar refractivity (Wildman–Crippen MR) is 112 cm³/mol. The van der Waals surface area contributed by atoms with E-state index in [1.54, 1.807) is 6.08 Å². The smallest absolute Gasteiger partial charge is 0.327 e. The van der Waals surface area contributed by atoms with Crippen LogP contribution in [0.2, 0.25) is 0 Å². The average molecular weight is 384 g/mol. The van der Waals surface area contributed by atoms with Crippen LogP contribution >= 0.6 is 0 Å². The molecule has 0 aliphatic carbocycles. The molecular weight excluding hydrogens is 350 g/mol. The van der Waals surface area contributed by atoms with Crippen molar-refractivity contribution >= 4 is 12.3 Å². The molecule has 0 saturated carbocycles. The standard InChI is InChI=1S/C24H33NO3/c1-20(19-26)10-5-2-3-6-11-21(12-7-4-8-15-24(27)28)16-22-13-9-14-23(17-22)18-25/h8-9,13-15,17,19-21H,2-7,10-12,16H2,1H3,(H,27,28)/t20-,21+/m0/s1. The van der Waals surface area contributed by atoms with Gasteiger partial charge in [0, 0.05) is 12.0 Å². The number of carboxylic acid groups (broad SMARTS) is 1. The van der Waals surface area contributed by atoms with Gasteiger partial charge in [-0.25, -0.2) is 4.79 Å². The third-order valence-electron chi connectivity index (χ3n) is 5.08. The minimum atomic E-state index is -0.895. The molecule has 4 heteroatoms. The number of nitriles is 1. The Bertz CT molecular complexity index is 660. The molecule has 0 amide bonds. The fourth-order valence-electron chi connectivity index (χ4n) is 3.48. The van der Waals surface area contributed by atoms with Gasteiger partial charge in [0.2, 0.25) is 0 Å². The lowest BCUT2D eigenvalue weighted by molar-refractivity contribution is -0.131. The number of carbonyl (C=O) groups is 2. The topological polar surface area (TPSA) is 78.2 Å². The maximum absolute atomic E-state index is 10.7. The lowest BCUT2D eigenvalue weighted by Gasteiger charge is -2.17. The van der Waals surface area contributed by atoms with E-state index in [9.17, 15) is 9.59 Å². The molecule has 0 aliphatic heterocycles. The minimum absolute atomic E-state index is 0.166. The summed E-state index contributed by atoms with van der Waals surface area (Å²) in [4.78, 5) is 21.2. The fraction of sp³-hybridized carbons (Fsp3) is 0.542. The van der Waals surface area contributed by atoms with Gasteiger partial charge in [0.15, 0.2) is 0 Å². The molecular formula is C24H33NO3. The molecule has 0 aromatic heterocycles. The Labute approximate surface area is 169 Å². The number of aliphatic carboxylic acids is 1. The molecule has 0 fully saturated rings. The van der Waals surface area contributed by atoms with Crippen LogP contribution in [0.25, 0.3) is 0 Å². The van der Waals surface area contributed by atoms with Crippen LogP contribution in [0, 0.1) is 23.2 Å². The predicted octanol–water partition coefficient (Wildman–Crippen LogP) is 5.70. The zero-order valence-electron chi connectivity index (χ0n) is 17.0. The van der Waals surface area contributed by atoms with Gasteiger partial charge >= 0.3 is 5.97 Å². The van der Waals surface area contributed by atoms with Crippen LogP contribution in [0.3, 0.4) is 0 Å². The summed E-state index contributed by atoms with van der Waals surface area (Å²) in [5.41, 5.74) is 1.90. The van der Waals surface area contributed by atoms with Crippen molar-refractivity contribution < 1.29 is 14.7 Å². The maximum Gasteiger partial charge on any atom is 0.327 e. The summed E-state index contributed by atoms with van der Waals surface area (Å²) in [6, 6.07) is 10.0. The van der Waals surface area contributed by atoms with Gasteiger partial charge in [-0.15, -0.1) is 0 Å². The van der Waals surface area contributed by atoms with Crippen molar-refractivity contribution in [3.05, 3.63) is 47.5 Å². The Hall–Kier alpha value is -2.41. The van der Waals surface area contributed by atoms with Crippen LogP contribution < -0.4 is 0 Å². The van der Waals surface area contributed by atoms with Crippen molar-refractivity contribution in [1.82, 2.24) is 0 Å².